The molecule has 8 aromatic heterocycles. The van der Waals surface area contributed by atoms with Crippen LogP contribution in [-0.4, -0.2) is 58.2 Å². The fourth-order valence-corrected chi connectivity index (χ4v) is 5.70. The van der Waals surface area contributed by atoms with Crippen molar-refractivity contribution in [3.63, 3.8) is 0 Å². The quantitative estimate of drug-likeness (QED) is 0.117. The SMILES string of the molecule is Brc1cccc(-c2ncccn2)n1.CC1(C)OB(c2coc(-c3cccnc3)c2)OC1(C)C.c1cnc(-c2cccc(-c3coc(-c4cccnc4)c3)n2)nc1. The molecule has 0 bridgehead atoms. The van der Waals surface area contributed by atoms with Gasteiger partial charge in [0.15, 0.2) is 11.6 Å². The largest absolute Gasteiger partial charge is 0.498 e. The predicted octanol–water partition coefficient (Wildman–Crippen LogP) is 8.80. The highest BCUT2D eigenvalue weighted by atomic mass is 79.9. The molecule has 8 aromatic rings. The molecule has 1 saturated heterocycles. The lowest BCUT2D eigenvalue weighted by atomic mass is 9.81. The van der Waals surface area contributed by atoms with Gasteiger partial charge in [-0.25, -0.2) is 29.9 Å². The molecule has 9 heterocycles. The van der Waals surface area contributed by atoms with E-state index in [9.17, 15) is 0 Å². The zero-order valence-corrected chi connectivity index (χ0v) is 32.6. The zero-order valence-electron chi connectivity index (χ0n) is 31.0. The Bertz CT molecular complexity index is 2450. The van der Waals surface area contributed by atoms with E-state index in [0.717, 1.165) is 55.4 Å². The molecule has 0 saturated carbocycles. The van der Waals surface area contributed by atoms with E-state index in [1.54, 1.807) is 74.2 Å². The van der Waals surface area contributed by atoms with E-state index in [0.29, 0.717) is 11.6 Å². The highest BCUT2D eigenvalue weighted by molar-refractivity contribution is 9.10. The first-order chi connectivity index (χ1) is 27.1. The number of rotatable bonds is 6. The first kappa shape index (κ1) is 38.1. The van der Waals surface area contributed by atoms with Gasteiger partial charge in [-0.15, -0.1) is 0 Å². The van der Waals surface area contributed by atoms with Gasteiger partial charge in [0.05, 0.1) is 23.2 Å². The first-order valence-corrected chi connectivity index (χ1v) is 18.4. The Kier molecular flexibility index (Phi) is 11.6. The van der Waals surface area contributed by atoms with Crippen LogP contribution in [0.3, 0.4) is 0 Å². The van der Waals surface area contributed by atoms with E-state index in [2.05, 4.69) is 55.8 Å². The summed E-state index contributed by atoms with van der Waals surface area (Å²) in [6.07, 6.45) is 17.2. The van der Waals surface area contributed by atoms with Crippen LogP contribution >= 0.6 is 15.9 Å². The molecule has 56 heavy (non-hydrogen) atoms. The van der Waals surface area contributed by atoms with Crippen molar-refractivity contribution < 1.29 is 18.1 Å². The van der Waals surface area contributed by atoms with Gasteiger partial charge in [0.25, 0.3) is 0 Å². The molecule has 1 aliphatic rings. The van der Waals surface area contributed by atoms with Crippen LogP contribution in [0.2, 0.25) is 0 Å². The highest BCUT2D eigenvalue weighted by Crippen LogP contribution is 2.37. The highest BCUT2D eigenvalue weighted by Gasteiger charge is 2.52. The number of pyridine rings is 4. The molecule has 0 unspecified atom stereocenters. The Labute approximate surface area is 332 Å². The Hall–Kier alpha value is -6.22. The summed E-state index contributed by atoms with van der Waals surface area (Å²) in [5, 5.41) is 0. The number of nitrogens with zero attached hydrogens (tertiary/aromatic N) is 8. The third kappa shape index (κ3) is 9.17. The Morgan fingerprint density at radius 3 is 1.59 bits per heavy atom. The van der Waals surface area contributed by atoms with Gasteiger partial charge in [0, 0.05) is 71.7 Å². The predicted molar refractivity (Wildman–Crippen MR) is 217 cm³/mol. The molecular formula is C42H36BBrN8O4. The van der Waals surface area contributed by atoms with Crippen LogP contribution < -0.4 is 5.46 Å². The molecule has 0 amide bonds. The summed E-state index contributed by atoms with van der Waals surface area (Å²) in [7, 11) is -0.394. The van der Waals surface area contributed by atoms with Crippen molar-refractivity contribution in [3.05, 3.63) is 152 Å². The van der Waals surface area contributed by atoms with Crippen LogP contribution in [0.5, 0.6) is 0 Å². The van der Waals surface area contributed by atoms with E-state index >= 15 is 0 Å². The van der Waals surface area contributed by atoms with Crippen molar-refractivity contribution in [2.24, 2.45) is 0 Å². The smallest absolute Gasteiger partial charge is 0.465 e. The minimum atomic E-state index is -0.394. The van der Waals surface area contributed by atoms with Crippen LogP contribution in [-0.2, 0) is 9.31 Å². The van der Waals surface area contributed by atoms with Crippen molar-refractivity contribution in [1.82, 2.24) is 39.9 Å². The summed E-state index contributed by atoms with van der Waals surface area (Å²) in [4.78, 5) is 33.7. The molecule has 0 aromatic carbocycles. The van der Waals surface area contributed by atoms with Gasteiger partial charge in [-0.05, 0) is 116 Å². The third-order valence-electron chi connectivity index (χ3n) is 8.99. The summed E-state index contributed by atoms with van der Waals surface area (Å²) in [5.41, 5.74) is 5.30. The normalized spacial score (nSPS) is 13.9. The Morgan fingerprint density at radius 2 is 1.04 bits per heavy atom. The minimum Gasteiger partial charge on any atom is -0.465 e. The molecule has 12 nitrogen and oxygen atoms in total. The van der Waals surface area contributed by atoms with Crippen molar-refractivity contribution >= 4 is 28.5 Å². The van der Waals surface area contributed by atoms with E-state index < -0.39 is 7.12 Å². The average molecular weight is 808 g/mol. The summed E-state index contributed by atoms with van der Waals surface area (Å²) < 4.78 is 24.0. The van der Waals surface area contributed by atoms with Crippen LogP contribution in [0.1, 0.15) is 27.7 Å². The van der Waals surface area contributed by atoms with Crippen molar-refractivity contribution in [2.45, 2.75) is 38.9 Å². The van der Waals surface area contributed by atoms with Gasteiger partial charge in [-0.3, -0.25) is 9.97 Å². The Morgan fingerprint density at radius 1 is 0.518 bits per heavy atom. The van der Waals surface area contributed by atoms with Crippen molar-refractivity contribution in [3.8, 4) is 56.9 Å². The van der Waals surface area contributed by atoms with Gasteiger partial charge >= 0.3 is 7.12 Å². The van der Waals surface area contributed by atoms with E-state index in [1.807, 2.05) is 100 Å². The second kappa shape index (κ2) is 17.1. The molecule has 0 spiro atoms. The summed E-state index contributed by atoms with van der Waals surface area (Å²) >= 11 is 3.29. The molecule has 0 N–H and O–H groups in total. The number of hydrogen-bond acceptors (Lipinski definition) is 12. The van der Waals surface area contributed by atoms with Gasteiger partial charge in [-0.1, -0.05) is 12.1 Å². The van der Waals surface area contributed by atoms with E-state index in [4.69, 9.17) is 18.1 Å². The lowest BCUT2D eigenvalue weighted by molar-refractivity contribution is 0.00578. The van der Waals surface area contributed by atoms with E-state index in [1.165, 1.54) is 0 Å². The minimum absolute atomic E-state index is 0.344. The number of aromatic nitrogens is 8. The zero-order chi connectivity index (χ0) is 39.0. The van der Waals surface area contributed by atoms with Crippen LogP contribution in [0.25, 0.3) is 56.9 Å². The average Bonchev–Trinajstić information content (AvgIpc) is 3.99. The number of halogens is 1. The third-order valence-corrected chi connectivity index (χ3v) is 9.43. The molecule has 1 aliphatic heterocycles. The van der Waals surface area contributed by atoms with Gasteiger partial charge in [0.2, 0.25) is 0 Å². The topological polar surface area (TPSA) is 148 Å². The second-order valence-corrected chi connectivity index (χ2v) is 14.2. The lowest BCUT2D eigenvalue weighted by Crippen LogP contribution is -2.41. The summed E-state index contributed by atoms with van der Waals surface area (Å²) in [5.74, 6) is 2.77. The van der Waals surface area contributed by atoms with Gasteiger partial charge in [-0.2, -0.15) is 0 Å². The maximum absolute atomic E-state index is 6.00. The molecule has 1 fully saturated rings. The lowest BCUT2D eigenvalue weighted by Gasteiger charge is -2.32. The standard InChI is InChI=1S/C18H12N4O.C15H18BNO3.C9H6BrN3/c1-5-15(22-16(6-1)18-20-8-3-9-21-18)14-10-17(23-12-14)13-4-2-7-19-11-13;1-14(2)15(3,4)20-16(19-14)12-8-13(18-10-12)11-6-5-7-17-9-11;10-8-4-1-3-7(13-8)9-11-5-2-6-12-9/h1-12H;5-10H,1-4H3;1-6H. The fraction of sp³-hybridized carbons (Fsp3) is 0.143. The van der Waals surface area contributed by atoms with Crippen molar-refractivity contribution in [1.29, 1.82) is 0 Å². The van der Waals surface area contributed by atoms with Crippen molar-refractivity contribution in [2.75, 3.05) is 0 Å². The molecular weight excluding hydrogens is 771 g/mol. The Balaban J connectivity index is 0.000000134. The van der Waals surface area contributed by atoms with Crippen LogP contribution in [0, 0.1) is 0 Å². The fourth-order valence-electron chi connectivity index (χ4n) is 5.36. The summed E-state index contributed by atoms with van der Waals surface area (Å²) in [6, 6.07) is 26.5. The van der Waals surface area contributed by atoms with Crippen LogP contribution in [0.15, 0.2) is 160 Å². The second-order valence-electron chi connectivity index (χ2n) is 13.4. The monoisotopic (exact) mass is 806 g/mol. The molecule has 0 atom stereocenters. The van der Waals surface area contributed by atoms with Crippen LogP contribution in [0.4, 0.5) is 0 Å². The van der Waals surface area contributed by atoms with Gasteiger partial charge < -0.3 is 18.1 Å². The summed E-state index contributed by atoms with van der Waals surface area (Å²) in [6.45, 7) is 8.15. The molecule has 278 valence electrons. The molecule has 0 aliphatic carbocycles. The van der Waals surface area contributed by atoms with Gasteiger partial charge in [0.1, 0.15) is 33.8 Å². The molecule has 0 radical (unpaired) electrons. The number of hydrogen-bond donors (Lipinski definition) is 0. The maximum Gasteiger partial charge on any atom is 0.498 e. The van der Waals surface area contributed by atoms with E-state index in [-0.39, 0.29) is 11.2 Å². The number of furan rings is 2. The molecule has 9 rings (SSSR count). The first-order valence-electron chi connectivity index (χ1n) is 17.6. The molecule has 14 heteroatoms. The maximum atomic E-state index is 6.00.